The number of esters is 2. The summed E-state index contributed by atoms with van der Waals surface area (Å²) in [6.45, 7) is 17.8. The summed E-state index contributed by atoms with van der Waals surface area (Å²) >= 11 is 0. The third-order valence-corrected chi connectivity index (χ3v) is 12.2. The summed E-state index contributed by atoms with van der Waals surface area (Å²) < 4.78 is 11.6. The first-order valence-electron chi connectivity index (χ1n) is 15.3. The van der Waals surface area contributed by atoms with Crippen molar-refractivity contribution in [1.82, 2.24) is 0 Å². The Hall–Kier alpha value is -2.41. The fourth-order valence-corrected chi connectivity index (χ4v) is 9.49. The molecule has 0 bridgehead atoms. The number of hydrogen-bond donors (Lipinski definition) is 2. The summed E-state index contributed by atoms with van der Waals surface area (Å²) in [4.78, 5) is 35.4. The van der Waals surface area contributed by atoms with Gasteiger partial charge in [-0.3, -0.25) is 9.59 Å². The fourth-order valence-electron chi connectivity index (χ4n) is 9.49. The van der Waals surface area contributed by atoms with Crippen molar-refractivity contribution >= 4 is 17.9 Å². The Morgan fingerprint density at radius 2 is 1.71 bits per heavy atom. The molecule has 9 atom stereocenters. The van der Waals surface area contributed by atoms with Gasteiger partial charge in [0.2, 0.25) is 0 Å². The van der Waals surface area contributed by atoms with Crippen LogP contribution in [0.3, 0.4) is 0 Å². The van der Waals surface area contributed by atoms with E-state index in [0.29, 0.717) is 18.8 Å². The highest BCUT2D eigenvalue weighted by molar-refractivity contribution is 5.85. The Kier molecular flexibility index (Phi) is 8.22. The van der Waals surface area contributed by atoms with Gasteiger partial charge in [-0.25, -0.2) is 4.79 Å². The average molecular weight is 571 g/mol. The maximum atomic E-state index is 12.1. The van der Waals surface area contributed by atoms with Crippen molar-refractivity contribution in [3.63, 3.8) is 0 Å². The van der Waals surface area contributed by atoms with E-state index in [9.17, 15) is 24.6 Å². The lowest BCUT2D eigenvalue weighted by atomic mass is 9.44. The average Bonchev–Trinajstić information content (AvgIpc) is 3.08. The fraction of sp³-hybridized carbons (Fsp3) is 0.735. The number of carboxylic acid groups (broad SMARTS) is 1. The highest BCUT2D eigenvalue weighted by Crippen LogP contribution is 2.72. The lowest BCUT2D eigenvalue weighted by Gasteiger charge is -2.61. The predicted molar refractivity (Wildman–Crippen MR) is 157 cm³/mol. The van der Waals surface area contributed by atoms with Crippen molar-refractivity contribution in [2.24, 2.45) is 39.4 Å². The Morgan fingerprint density at radius 3 is 2.29 bits per heavy atom. The molecule has 41 heavy (non-hydrogen) atoms. The first kappa shape index (κ1) is 31.5. The van der Waals surface area contributed by atoms with Crippen LogP contribution in [0.15, 0.2) is 34.9 Å². The molecule has 2 N–H and O–H groups in total. The predicted octanol–water partition coefficient (Wildman–Crippen LogP) is 6.40. The minimum atomic E-state index is -0.985. The van der Waals surface area contributed by atoms with E-state index in [-0.39, 0.29) is 51.7 Å². The van der Waals surface area contributed by atoms with Gasteiger partial charge in [0, 0.05) is 36.7 Å². The molecule has 228 valence electrons. The van der Waals surface area contributed by atoms with Crippen molar-refractivity contribution in [1.29, 1.82) is 0 Å². The van der Waals surface area contributed by atoms with E-state index in [1.54, 1.807) is 13.0 Å². The summed E-state index contributed by atoms with van der Waals surface area (Å²) in [5, 5.41) is 21.2. The van der Waals surface area contributed by atoms with Crippen LogP contribution in [-0.4, -0.2) is 46.4 Å². The standard InChI is InChI=1S/C34H50O7/c1-19(30(38)39)10-12-26(40-21(3)35)20(2)25-18-28(37)34(9)24-11-13-27-31(5,6)29(41-22(4)36)15-16-32(27,7)23(24)14-17-33(25,34)8/h10-11,14,20,25-29,37H,12-13,15-18H2,1-9H3,(H,38,39)/b19-10+/t20-,25?,26-,27?,28-,29+,32+,33+,34+/m0/s1. The number of carbonyl (C=O) groups is 3. The number of carbonyl (C=O) groups excluding carboxylic acids is 2. The number of hydrogen-bond acceptors (Lipinski definition) is 6. The highest BCUT2D eigenvalue weighted by atomic mass is 16.5. The van der Waals surface area contributed by atoms with Crippen molar-refractivity contribution in [3.05, 3.63) is 34.9 Å². The Labute approximate surface area is 245 Å². The van der Waals surface area contributed by atoms with Crippen LogP contribution < -0.4 is 0 Å². The van der Waals surface area contributed by atoms with Crippen LogP contribution in [0, 0.1) is 39.4 Å². The number of aliphatic carboxylic acids is 1. The Balaban J connectivity index is 1.70. The van der Waals surface area contributed by atoms with Crippen molar-refractivity contribution in [2.45, 2.75) is 119 Å². The van der Waals surface area contributed by atoms with Gasteiger partial charge in [0.05, 0.1) is 6.10 Å². The normalized spacial score (nSPS) is 39.2. The van der Waals surface area contributed by atoms with Crippen LogP contribution in [0.4, 0.5) is 0 Å². The zero-order valence-corrected chi connectivity index (χ0v) is 26.4. The zero-order valence-electron chi connectivity index (χ0n) is 26.4. The maximum Gasteiger partial charge on any atom is 0.330 e. The molecule has 4 aliphatic carbocycles. The van der Waals surface area contributed by atoms with E-state index < -0.39 is 23.6 Å². The molecule has 2 fully saturated rings. The van der Waals surface area contributed by atoms with E-state index in [1.165, 1.54) is 25.0 Å². The van der Waals surface area contributed by atoms with E-state index in [0.717, 1.165) is 25.7 Å². The SMILES string of the molecule is CC(=O)O[C@@H](C/C=C(\C)C(=O)O)[C@@H](C)C1C[C@H](O)[C@@]2(C)C3=CCC4C(C)(C)[C@H](OC(C)=O)CC[C@]4(C)C3=CC[C@]12C. The molecule has 0 aromatic heterocycles. The molecule has 2 saturated carbocycles. The second kappa shape index (κ2) is 10.7. The molecule has 4 aliphatic rings. The Bertz CT molecular complexity index is 1190. The number of aliphatic hydroxyl groups is 1. The van der Waals surface area contributed by atoms with Gasteiger partial charge in [0.1, 0.15) is 12.2 Å². The highest BCUT2D eigenvalue weighted by Gasteiger charge is 2.67. The Morgan fingerprint density at radius 1 is 1.05 bits per heavy atom. The van der Waals surface area contributed by atoms with Crippen LogP contribution in [0.25, 0.3) is 0 Å². The molecule has 7 nitrogen and oxygen atoms in total. The van der Waals surface area contributed by atoms with Crippen LogP contribution in [0.5, 0.6) is 0 Å². The molecule has 7 heteroatoms. The topological polar surface area (TPSA) is 110 Å². The third-order valence-electron chi connectivity index (χ3n) is 12.2. The van der Waals surface area contributed by atoms with Gasteiger partial charge in [-0.1, -0.05) is 59.8 Å². The first-order valence-corrected chi connectivity index (χ1v) is 15.3. The molecule has 0 aromatic rings. The summed E-state index contributed by atoms with van der Waals surface area (Å²) in [7, 11) is 0. The van der Waals surface area contributed by atoms with Gasteiger partial charge in [-0.15, -0.1) is 0 Å². The molecule has 0 heterocycles. The third kappa shape index (κ3) is 4.90. The quantitative estimate of drug-likeness (QED) is 0.269. The zero-order chi connectivity index (χ0) is 30.7. The molecular weight excluding hydrogens is 520 g/mol. The summed E-state index contributed by atoms with van der Waals surface area (Å²) in [6.07, 6.45) is 9.56. The number of ether oxygens (including phenoxy) is 2. The molecule has 2 unspecified atom stereocenters. The van der Waals surface area contributed by atoms with Gasteiger partial charge >= 0.3 is 17.9 Å². The maximum absolute atomic E-state index is 12.1. The second-order valence-corrected chi connectivity index (χ2v) is 14.5. The second-order valence-electron chi connectivity index (χ2n) is 14.5. The number of fused-ring (bicyclic) bond motifs is 5. The molecule has 0 saturated heterocycles. The largest absolute Gasteiger partial charge is 0.478 e. The minimum Gasteiger partial charge on any atom is -0.478 e. The molecule has 0 amide bonds. The number of allylic oxidation sites excluding steroid dienone is 3. The molecule has 4 rings (SSSR count). The van der Waals surface area contributed by atoms with E-state index >= 15 is 0 Å². The monoisotopic (exact) mass is 570 g/mol. The van der Waals surface area contributed by atoms with E-state index in [1.807, 2.05) is 0 Å². The lowest BCUT2D eigenvalue weighted by molar-refractivity contribution is -0.165. The van der Waals surface area contributed by atoms with Crippen LogP contribution in [0.1, 0.15) is 101 Å². The minimum absolute atomic E-state index is 0.0609. The van der Waals surface area contributed by atoms with Crippen molar-refractivity contribution < 1.29 is 34.1 Å². The van der Waals surface area contributed by atoms with E-state index in [2.05, 4.69) is 53.7 Å². The van der Waals surface area contributed by atoms with Gasteiger partial charge in [-0.2, -0.15) is 0 Å². The molecule has 0 radical (unpaired) electrons. The van der Waals surface area contributed by atoms with Gasteiger partial charge in [-0.05, 0) is 78.8 Å². The number of aliphatic hydroxyl groups excluding tert-OH is 1. The van der Waals surface area contributed by atoms with Gasteiger partial charge in [0.25, 0.3) is 0 Å². The van der Waals surface area contributed by atoms with Crippen molar-refractivity contribution in [3.8, 4) is 0 Å². The smallest absolute Gasteiger partial charge is 0.330 e. The summed E-state index contributed by atoms with van der Waals surface area (Å²) in [5.74, 6) is -1.32. The lowest BCUT2D eigenvalue weighted by Crippen LogP contribution is -2.56. The van der Waals surface area contributed by atoms with E-state index in [4.69, 9.17) is 9.47 Å². The molecule has 0 aliphatic heterocycles. The van der Waals surface area contributed by atoms with Gasteiger partial charge < -0.3 is 19.7 Å². The van der Waals surface area contributed by atoms with Crippen LogP contribution >= 0.6 is 0 Å². The summed E-state index contributed by atoms with van der Waals surface area (Å²) in [6, 6.07) is 0. The molecule has 0 spiro atoms. The molecule has 0 aromatic carbocycles. The number of carboxylic acids is 1. The number of rotatable bonds is 7. The van der Waals surface area contributed by atoms with Crippen LogP contribution in [-0.2, 0) is 23.9 Å². The first-order chi connectivity index (χ1) is 18.9. The van der Waals surface area contributed by atoms with Gasteiger partial charge in [0.15, 0.2) is 0 Å². The van der Waals surface area contributed by atoms with Crippen molar-refractivity contribution in [2.75, 3.05) is 0 Å². The summed E-state index contributed by atoms with van der Waals surface area (Å²) in [5.41, 5.74) is 1.79. The van der Waals surface area contributed by atoms with Crippen LogP contribution in [0.2, 0.25) is 0 Å². The molecular formula is C34H50O7.